The van der Waals surface area contributed by atoms with E-state index in [1.165, 1.54) is 28.4 Å². The zero-order valence-electron chi connectivity index (χ0n) is 21.4. The third-order valence-corrected chi connectivity index (χ3v) is 9.00. The van der Waals surface area contributed by atoms with Gasteiger partial charge in [-0.25, -0.2) is 4.57 Å². The van der Waals surface area contributed by atoms with Gasteiger partial charge in [0, 0.05) is 35.4 Å². The van der Waals surface area contributed by atoms with Crippen LogP contribution in [0, 0.1) is 0 Å². The molecule has 2 aliphatic heterocycles. The van der Waals surface area contributed by atoms with Crippen LogP contribution in [0.15, 0.2) is 83.2 Å². The third kappa shape index (κ3) is 5.69. The summed E-state index contributed by atoms with van der Waals surface area (Å²) >= 11 is 2.77. The molecule has 0 radical (unpaired) electrons. The van der Waals surface area contributed by atoms with Crippen molar-refractivity contribution >= 4 is 58.0 Å². The number of carboxylic acids is 1. The van der Waals surface area contributed by atoms with Crippen LogP contribution in [-0.2, 0) is 20.9 Å². The molecule has 1 saturated heterocycles. The van der Waals surface area contributed by atoms with E-state index < -0.39 is 23.3 Å². The molecule has 1 fully saturated rings. The van der Waals surface area contributed by atoms with Crippen molar-refractivity contribution in [3.63, 3.8) is 0 Å². The SMILES string of the molecule is NCCNC(=O)c1ccc[n+](CC2=C(C(=O)[O-])N3C(=O)[C@@H](NC(=O)CSc4cccc5ccccc45)[C@H]3SC2)c1. The van der Waals surface area contributed by atoms with Gasteiger partial charge in [-0.2, -0.15) is 0 Å². The molecule has 10 nitrogen and oxygen atoms in total. The van der Waals surface area contributed by atoms with E-state index in [1.54, 1.807) is 29.1 Å². The van der Waals surface area contributed by atoms with Gasteiger partial charge in [0.2, 0.25) is 5.91 Å². The summed E-state index contributed by atoms with van der Waals surface area (Å²) in [4.78, 5) is 52.4. The highest BCUT2D eigenvalue weighted by molar-refractivity contribution is 8.00. The van der Waals surface area contributed by atoms with Gasteiger partial charge in [-0.15, -0.1) is 23.5 Å². The number of hydrogen-bond donors (Lipinski definition) is 3. The van der Waals surface area contributed by atoms with E-state index in [2.05, 4.69) is 10.6 Å². The molecular weight excluding hydrogens is 550 g/mol. The number of β-lactam (4-membered cyclic amide) rings is 1. The maximum atomic E-state index is 13.0. The predicted molar refractivity (Wildman–Crippen MR) is 150 cm³/mol. The average Bonchev–Trinajstić information content (AvgIpc) is 2.97. The lowest BCUT2D eigenvalue weighted by Crippen LogP contribution is -2.71. The van der Waals surface area contributed by atoms with Gasteiger partial charge in [0.1, 0.15) is 17.0 Å². The van der Waals surface area contributed by atoms with Crippen LogP contribution in [0.1, 0.15) is 10.4 Å². The van der Waals surface area contributed by atoms with Crippen LogP contribution >= 0.6 is 23.5 Å². The fourth-order valence-corrected chi connectivity index (χ4v) is 6.96. The first-order chi connectivity index (χ1) is 19.4. The Balaban J connectivity index is 1.24. The van der Waals surface area contributed by atoms with E-state index >= 15 is 0 Å². The van der Waals surface area contributed by atoms with Gasteiger partial charge < -0.3 is 26.3 Å². The molecule has 0 saturated carbocycles. The molecule has 0 unspecified atom stereocenters. The number of aliphatic carboxylic acids is 1. The highest BCUT2D eigenvalue weighted by Crippen LogP contribution is 2.40. The number of benzene rings is 2. The van der Waals surface area contributed by atoms with Crippen molar-refractivity contribution in [1.82, 2.24) is 15.5 Å². The fraction of sp³-hybridized carbons (Fsp3) is 0.250. The minimum atomic E-state index is -1.46. The average molecular weight is 578 g/mol. The lowest BCUT2D eigenvalue weighted by Gasteiger charge is -2.50. The van der Waals surface area contributed by atoms with Crippen molar-refractivity contribution in [3.8, 4) is 0 Å². The second kappa shape index (κ2) is 12.1. The number of hydrogen-bond acceptors (Lipinski definition) is 8. The minimum absolute atomic E-state index is 0.120. The summed E-state index contributed by atoms with van der Waals surface area (Å²) in [6, 6.07) is 16.3. The van der Waals surface area contributed by atoms with E-state index in [-0.39, 0.29) is 29.8 Å². The Kier molecular flexibility index (Phi) is 8.38. The summed E-state index contributed by atoms with van der Waals surface area (Å²) in [5.74, 6) is -2.09. The number of carboxylic acid groups (broad SMARTS) is 1. The quantitative estimate of drug-likeness (QED) is 0.173. The molecule has 3 amide bonds. The first-order valence-electron chi connectivity index (χ1n) is 12.6. The highest BCUT2D eigenvalue weighted by atomic mass is 32.2. The topological polar surface area (TPSA) is 149 Å². The zero-order valence-corrected chi connectivity index (χ0v) is 23.0. The lowest BCUT2D eigenvalue weighted by molar-refractivity contribution is -0.689. The first-order valence-corrected chi connectivity index (χ1v) is 14.7. The molecule has 1 aromatic heterocycles. The number of amides is 3. The van der Waals surface area contributed by atoms with Gasteiger partial charge in [-0.3, -0.25) is 19.3 Å². The van der Waals surface area contributed by atoms with Crippen LogP contribution in [0.25, 0.3) is 10.8 Å². The normalized spacial score (nSPS) is 18.2. The van der Waals surface area contributed by atoms with Crippen LogP contribution in [0.2, 0.25) is 0 Å². The molecule has 3 heterocycles. The number of rotatable bonds is 10. The summed E-state index contributed by atoms with van der Waals surface area (Å²) in [6.07, 6.45) is 3.32. The van der Waals surface area contributed by atoms with Gasteiger partial charge in [-0.05, 0) is 22.9 Å². The number of pyridine rings is 1. The Morgan fingerprint density at radius 2 is 1.93 bits per heavy atom. The number of fused-ring (bicyclic) bond motifs is 2. The molecule has 5 rings (SSSR count). The van der Waals surface area contributed by atoms with E-state index in [0.717, 1.165) is 15.7 Å². The lowest BCUT2D eigenvalue weighted by atomic mass is 10.0. The van der Waals surface area contributed by atoms with Crippen molar-refractivity contribution in [2.45, 2.75) is 22.9 Å². The van der Waals surface area contributed by atoms with Crippen molar-refractivity contribution < 1.29 is 28.9 Å². The predicted octanol–water partition coefficient (Wildman–Crippen LogP) is 0.0120. The van der Waals surface area contributed by atoms with Crippen molar-refractivity contribution in [2.75, 3.05) is 24.6 Å². The Hall–Kier alpha value is -3.87. The number of carbonyl (C=O) groups is 4. The number of nitrogens with one attached hydrogen (secondary N) is 2. The number of nitrogens with zero attached hydrogens (tertiary/aromatic N) is 2. The zero-order chi connectivity index (χ0) is 28.2. The number of aromatic nitrogens is 1. The van der Waals surface area contributed by atoms with Gasteiger partial charge in [0.15, 0.2) is 18.9 Å². The Morgan fingerprint density at radius 1 is 1.12 bits per heavy atom. The smallest absolute Gasteiger partial charge is 0.257 e. The summed E-state index contributed by atoms with van der Waals surface area (Å²) < 4.78 is 1.69. The molecule has 40 heavy (non-hydrogen) atoms. The fourth-order valence-electron chi connectivity index (χ4n) is 4.74. The molecule has 0 aliphatic carbocycles. The van der Waals surface area contributed by atoms with Gasteiger partial charge in [0.05, 0.1) is 17.4 Å². The molecule has 0 spiro atoms. The Morgan fingerprint density at radius 3 is 2.73 bits per heavy atom. The van der Waals surface area contributed by atoms with Crippen molar-refractivity contribution in [3.05, 3.63) is 83.8 Å². The van der Waals surface area contributed by atoms with Crippen LogP contribution in [0.5, 0.6) is 0 Å². The standard InChI is InChI=1S/C28H27N5O5S2/c29-10-11-30-25(35)18-7-4-12-32(13-18)14-19-15-40-27-23(26(36)33(27)24(19)28(37)38)31-22(34)16-39-21-9-3-6-17-5-1-2-8-20(17)21/h1-9,12-13,23,27H,10-11,14-16,29H2,(H2-,30,31,34,35,37,38)/t23-,27-/m1/s1. The number of nitrogens with two attached hydrogens (primary N) is 1. The van der Waals surface area contributed by atoms with E-state index in [1.807, 2.05) is 42.5 Å². The molecule has 3 aromatic rings. The van der Waals surface area contributed by atoms with Crippen LogP contribution in [0.3, 0.4) is 0 Å². The third-order valence-electron chi connectivity index (χ3n) is 6.59. The number of thioether (sulfide) groups is 2. The molecule has 2 aliphatic rings. The summed E-state index contributed by atoms with van der Waals surface area (Å²) in [5, 5.41) is 19.2. The maximum absolute atomic E-state index is 13.0. The van der Waals surface area contributed by atoms with Crippen LogP contribution < -0.4 is 26.0 Å². The molecule has 4 N–H and O–H groups in total. The second-order valence-electron chi connectivity index (χ2n) is 9.27. The van der Waals surface area contributed by atoms with Gasteiger partial charge in [0.25, 0.3) is 11.8 Å². The number of carbonyl (C=O) groups excluding carboxylic acids is 4. The molecule has 12 heteroatoms. The summed E-state index contributed by atoms with van der Waals surface area (Å²) in [6.45, 7) is 0.805. The van der Waals surface area contributed by atoms with Gasteiger partial charge >= 0.3 is 0 Å². The molecule has 2 aromatic carbocycles. The summed E-state index contributed by atoms with van der Waals surface area (Å²) in [7, 11) is 0. The Labute approximate surface area is 239 Å². The van der Waals surface area contributed by atoms with Crippen molar-refractivity contribution in [2.24, 2.45) is 5.73 Å². The Bertz CT molecular complexity index is 1520. The van der Waals surface area contributed by atoms with E-state index in [9.17, 15) is 24.3 Å². The van der Waals surface area contributed by atoms with Crippen molar-refractivity contribution in [1.29, 1.82) is 0 Å². The van der Waals surface area contributed by atoms with Crippen LogP contribution in [0.4, 0.5) is 0 Å². The first kappa shape index (κ1) is 27.7. The maximum Gasteiger partial charge on any atom is 0.257 e. The minimum Gasteiger partial charge on any atom is -0.543 e. The monoisotopic (exact) mass is 577 g/mol. The molecule has 0 bridgehead atoms. The summed E-state index contributed by atoms with van der Waals surface area (Å²) in [5.41, 5.74) is 6.14. The van der Waals surface area contributed by atoms with Crippen LogP contribution in [-0.4, -0.2) is 64.6 Å². The molecular formula is C28H27N5O5S2. The van der Waals surface area contributed by atoms with E-state index in [4.69, 9.17) is 5.73 Å². The van der Waals surface area contributed by atoms with Gasteiger partial charge in [-0.1, -0.05) is 36.4 Å². The molecule has 2 atom stereocenters. The largest absolute Gasteiger partial charge is 0.543 e. The second-order valence-corrected chi connectivity index (χ2v) is 11.4. The van der Waals surface area contributed by atoms with E-state index in [0.29, 0.717) is 30.0 Å². The highest BCUT2D eigenvalue weighted by Gasteiger charge is 2.53. The molecule has 206 valence electrons.